The fourth-order valence-electron chi connectivity index (χ4n) is 2.52. The summed E-state index contributed by atoms with van der Waals surface area (Å²) in [5, 5.41) is 0. The normalized spacial score (nSPS) is 25.9. The van der Waals surface area contributed by atoms with Crippen LogP contribution in [0.5, 0.6) is 0 Å². The Bertz CT molecular complexity index is 477. The molecule has 2 rings (SSSR count). The van der Waals surface area contributed by atoms with E-state index < -0.39 is 10.2 Å². The lowest BCUT2D eigenvalue weighted by Gasteiger charge is -2.34. The first-order valence-electron chi connectivity index (χ1n) is 6.30. The van der Waals surface area contributed by atoms with Gasteiger partial charge in [0.1, 0.15) is 0 Å². The van der Waals surface area contributed by atoms with Gasteiger partial charge in [0.15, 0.2) is 0 Å². The van der Waals surface area contributed by atoms with Crippen LogP contribution in [0.1, 0.15) is 20.3 Å². The van der Waals surface area contributed by atoms with Gasteiger partial charge in [0.2, 0.25) is 0 Å². The molecule has 4 nitrogen and oxygen atoms in total. The summed E-state index contributed by atoms with van der Waals surface area (Å²) in [5.41, 5.74) is 0.614. The quantitative estimate of drug-likeness (QED) is 0.914. The van der Waals surface area contributed by atoms with Crippen molar-refractivity contribution in [3.8, 4) is 0 Å². The van der Waals surface area contributed by atoms with Crippen molar-refractivity contribution in [2.75, 3.05) is 17.8 Å². The minimum Gasteiger partial charge on any atom is -0.271 e. The van der Waals surface area contributed by atoms with Gasteiger partial charge >= 0.3 is 10.2 Å². The van der Waals surface area contributed by atoms with Crippen LogP contribution in [0.3, 0.4) is 0 Å². The van der Waals surface area contributed by atoms with Gasteiger partial charge in [0.25, 0.3) is 0 Å². The maximum absolute atomic E-state index is 12.3. The fourth-order valence-corrected chi connectivity index (χ4v) is 3.99. The van der Waals surface area contributed by atoms with Crippen LogP contribution in [0.15, 0.2) is 30.3 Å². The molecule has 1 saturated heterocycles. The number of para-hydroxylation sites is 1. The molecule has 2 atom stereocenters. The highest BCUT2D eigenvalue weighted by Crippen LogP contribution is 2.24. The van der Waals surface area contributed by atoms with Gasteiger partial charge in [-0.15, -0.1) is 0 Å². The lowest BCUT2D eigenvalue weighted by Crippen LogP contribution is -2.45. The van der Waals surface area contributed by atoms with E-state index in [9.17, 15) is 8.42 Å². The van der Waals surface area contributed by atoms with Gasteiger partial charge in [-0.25, -0.2) is 0 Å². The zero-order valence-corrected chi connectivity index (χ0v) is 11.7. The van der Waals surface area contributed by atoms with Crippen molar-refractivity contribution < 1.29 is 8.42 Å². The molecule has 1 aromatic rings. The predicted molar refractivity (Wildman–Crippen MR) is 73.5 cm³/mol. The Morgan fingerprint density at radius 1 is 1.11 bits per heavy atom. The smallest absolute Gasteiger partial charge is 0.271 e. The third-order valence-electron chi connectivity index (χ3n) is 3.20. The third-order valence-corrected chi connectivity index (χ3v) is 4.67. The average molecular weight is 268 g/mol. The molecule has 5 heteroatoms. The van der Waals surface area contributed by atoms with Crippen LogP contribution >= 0.6 is 0 Å². The predicted octanol–water partition coefficient (Wildman–Crippen LogP) is 2.32. The van der Waals surface area contributed by atoms with E-state index in [1.807, 2.05) is 18.2 Å². The molecule has 0 amide bonds. The summed E-state index contributed by atoms with van der Waals surface area (Å²) in [6.07, 6.45) is 1.09. The van der Waals surface area contributed by atoms with E-state index >= 15 is 0 Å². The molecule has 0 bridgehead atoms. The SMILES string of the molecule is CC1CC(C)CN(S(=O)(=O)Nc2ccccc2)C1. The van der Waals surface area contributed by atoms with E-state index in [-0.39, 0.29) is 0 Å². The van der Waals surface area contributed by atoms with E-state index in [2.05, 4.69) is 18.6 Å². The zero-order chi connectivity index (χ0) is 13.2. The van der Waals surface area contributed by atoms with E-state index in [1.165, 1.54) is 0 Å². The van der Waals surface area contributed by atoms with Gasteiger partial charge < -0.3 is 0 Å². The first-order valence-corrected chi connectivity index (χ1v) is 7.74. The Morgan fingerprint density at radius 2 is 1.67 bits per heavy atom. The van der Waals surface area contributed by atoms with Crippen LogP contribution in [0.25, 0.3) is 0 Å². The molecule has 0 radical (unpaired) electrons. The van der Waals surface area contributed by atoms with Gasteiger partial charge in [-0.1, -0.05) is 32.0 Å². The van der Waals surface area contributed by atoms with Crippen molar-refractivity contribution in [2.45, 2.75) is 20.3 Å². The molecular formula is C13H20N2O2S. The largest absolute Gasteiger partial charge is 0.301 e. The standard InChI is InChI=1S/C13H20N2O2S/c1-11-8-12(2)10-15(9-11)18(16,17)14-13-6-4-3-5-7-13/h3-7,11-12,14H,8-10H2,1-2H3. The van der Waals surface area contributed by atoms with Crippen LogP contribution in [0.2, 0.25) is 0 Å². The Balaban J connectivity index is 2.11. The van der Waals surface area contributed by atoms with Crippen molar-refractivity contribution in [3.05, 3.63) is 30.3 Å². The van der Waals surface area contributed by atoms with Crippen molar-refractivity contribution in [1.82, 2.24) is 4.31 Å². The first kappa shape index (κ1) is 13.4. The average Bonchev–Trinajstić information content (AvgIpc) is 2.28. The highest BCUT2D eigenvalue weighted by Gasteiger charge is 2.30. The number of hydrogen-bond acceptors (Lipinski definition) is 2. The molecular weight excluding hydrogens is 248 g/mol. The summed E-state index contributed by atoms with van der Waals surface area (Å²) in [5.74, 6) is 0.835. The monoisotopic (exact) mass is 268 g/mol. The number of anilines is 1. The van der Waals surface area contributed by atoms with Crippen molar-refractivity contribution in [1.29, 1.82) is 0 Å². The molecule has 1 heterocycles. The number of nitrogens with zero attached hydrogens (tertiary/aromatic N) is 1. The van der Waals surface area contributed by atoms with Crippen molar-refractivity contribution >= 4 is 15.9 Å². The molecule has 18 heavy (non-hydrogen) atoms. The van der Waals surface area contributed by atoms with Crippen molar-refractivity contribution in [2.24, 2.45) is 11.8 Å². The molecule has 1 N–H and O–H groups in total. The summed E-state index contributed by atoms with van der Waals surface area (Å²) in [6.45, 7) is 5.40. The van der Waals surface area contributed by atoms with Gasteiger partial charge in [0, 0.05) is 18.8 Å². The van der Waals surface area contributed by atoms with Gasteiger partial charge in [-0.3, -0.25) is 4.72 Å². The highest BCUT2D eigenvalue weighted by atomic mass is 32.2. The summed E-state index contributed by atoms with van der Waals surface area (Å²) in [4.78, 5) is 0. The van der Waals surface area contributed by atoms with Gasteiger partial charge in [-0.05, 0) is 30.4 Å². The maximum Gasteiger partial charge on any atom is 0.301 e. The number of hydrogen-bond donors (Lipinski definition) is 1. The van der Waals surface area contributed by atoms with E-state index in [0.717, 1.165) is 6.42 Å². The van der Waals surface area contributed by atoms with Crippen LogP contribution in [0.4, 0.5) is 5.69 Å². The number of nitrogens with one attached hydrogen (secondary N) is 1. The van der Waals surface area contributed by atoms with Crippen LogP contribution < -0.4 is 4.72 Å². The Hall–Kier alpha value is -1.07. The molecule has 1 aliphatic heterocycles. The van der Waals surface area contributed by atoms with Crippen LogP contribution in [-0.4, -0.2) is 25.8 Å². The number of piperidine rings is 1. The molecule has 1 fully saturated rings. The van der Waals surface area contributed by atoms with Crippen molar-refractivity contribution in [3.63, 3.8) is 0 Å². The Kier molecular flexibility index (Phi) is 3.92. The molecule has 1 aliphatic rings. The first-order chi connectivity index (χ1) is 8.47. The molecule has 100 valence electrons. The zero-order valence-electron chi connectivity index (χ0n) is 10.8. The number of rotatable bonds is 3. The second-order valence-electron chi connectivity index (χ2n) is 5.24. The highest BCUT2D eigenvalue weighted by molar-refractivity contribution is 7.90. The third kappa shape index (κ3) is 3.23. The summed E-state index contributed by atoms with van der Waals surface area (Å²) in [7, 11) is -3.42. The minimum atomic E-state index is -3.42. The van der Waals surface area contributed by atoms with Gasteiger partial charge in [0.05, 0.1) is 0 Å². The minimum absolute atomic E-state index is 0.418. The summed E-state index contributed by atoms with van der Waals surface area (Å²) in [6, 6.07) is 9.02. The summed E-state index contributed by atoms with van der Waals surface area (Å²) < 4.78 is 28.7. The molecule has 1 aromatic carbocycles. The molecule has 0 spiro atoms. The van der Waals surface area contributed by atoms with Gasteiger partial charge in [-0.2, -0.15) is 12.7 Å². The van der Waals surface area contributed by atoms with E-state index in [4.69, 9.17) is 0 Å². The topological polar surface area (TPSA) is 49.4 Å². The van der Waals surface area contributed by atoms with E-state index in [0.29, 0.717) is 30.6 Å². The lowest BCUT2D eigenvalue weighted by molar-refractivity contribution is 0.223. The second-order valence-corrected chi connectivity index (χ2v) is 6.91. The summed E-state index contributed by atoms with van der Waals surface area (Å²) >= 11 is 0. The van der Waals surface area contributed by atoms with Crippen LogP contribution in [-0.2, 0) is 10.2 Å². The van der Waals surface area contributed by atoms with Crippen LogP contribution in [0, 0.1) is 11.8 Å². The second kappa shape index (κ2) is 5.28. The number of benzene rings is 1. The Labute approximate surface area is 109 Å². The lowest BCUT2D eigenvalue weighted by atomic mass is 9.94. The molecule has 0 aliphatic carbocycles. The van der Waals surface area contributed by atoms with E-state index in [1.54, 1.807) is 16.4 Å². The molecule has 0 aromatic heterocycles. The fraction of sp³-hybridized carbons (Fsp3) is 0.538. The maximum atomic E-state index is 12.3. The Morgan fingerprint density at radius 3 is 2.22 bits per heavy atom. The molecule has 2 unspecified atom stereocenters. The molecule has 0 saturated carbocycles.